The van der Waals surface area contributed by atoms with E-state index in [2.05, 4.69) is 6.58 Å². The van der Waals surface area contributed by atoms with Crippen LogP contribution in [-0.2, 0) is 19.1 Å². The molecule has 0 aromatic heterocycles. The fourth-order valence-corrected chi connectivity index (χ4v) is 2.55. The normalized spacial score (nSPS) is 10.9. The number of nitriles is 1. The Morgan fingerprint density at radius 1 is 1.00 bits per heavy atom. The minimum atomic E-state index is -0.668. The van der Waals surface area contributed by atoms with Crippen molar-refractivity contribution in [3.8, 4) is 11.8 Å². The van der Waals surface area contributed by atoms with E-state index in [1.165, 1.54) is 0 Å². The summed E-state index contributed by atoms with van der Waals surface area (Å²) in [6.07, 6.45) is 1.09. The molecule has 2 aromatic rings. The summed E-state index contributed by atoms with van der Waals surface area (Å²) < 4.78 is 15.4. The fraction of sp³-hybridized carbons (Fsp3) is 0.174. The summed E-state index contributed by atoms with van der Waals surface area (Å²) in [6.45, 7) is 5.47. The number of carbonyl (C=O) groups is 2. The Labute approximate surface area is 169 Å². The van der Waals surface area contributed by atoms with Crippen molar-refractivity contribution in [1.29, 1.82) is 5.26 Å². The van der Waals surface area contributed by atoms with E-state index in [4.69, 9.17) is 14.2 Å². The van der Waals surface area contributed by atoms with Crippen LogP contribution in [-0.4, -0.2) is 31.8 Å². The van der Waals surface area contributed by atoms with E-state index in [1.54, 1.807) is 31.2 Å². The molecule has 0 aliphatic carbocycles. The molecule has 6 heteroatoms. The van der Waals surface area contributed by atoms with Gasteiger partial charge in [0, 0.05) is 11.6 Å². The number of carbonyl (C=O) groups excluding carboxylic acids is 2. The number of esters is 2. The standard InChI is InChI=1S/C23H21NO5/c1-3-21(25)29-15-14-28-19-12-10-18(11-13-19)22(17-8-6-5-7-9-17)20(16-24)23(26)27-4-2/h3,5-13H,1,4,14-15H2,2H3/b22-20+. The average molecular weight is 391 g/mol. The molecule has 29 heavy (non-hydrogen) atoms. The first-order chi connectivity index (χ1) is 14.1. The van der Waals surface area contributed by atoms with E-state index in [-0.39, 0.29) is 25.4 Å². The minimum Gasteiger partial charge on any atom is -0.490 e. The van der Waals surface area contributed by atoms with Gasteiger partial charge < -0.3 is 14.2 Å². The molecule has 0 N–H and O–H groups in total. The Morgan fingerprint density at radius 3 is 2.24 bits per heavy atom. The fourth-order valence-electron chi connectivity index (χ4n) is 2.55. The lowest BCUT2D eigenvalue weighted by Gasteiger charge is -2.12. The highest BCUT2D eigenvalue weighted by Crippen LogP contribution is 2.29. The van der Waals surface area contributed by atoms with Gasteiger partial charge in [-0.05, 0) is 30.2 Å². The summed E-state index contributed by atoms with van der Waals surface area (Å²) in [5, 5.41) is 9.60. The van der Waals surface area contributed by atoms with E-state index in [1.807, 2.05) is 36.4 Å². The Hall–Kier alpha value is -3.85. The van der Waals surface area contributed by atoms with Gasteiger partial charge in [-0.1, -0.05) is 49.0 Å². The van der Waals surface area contributed by atoms with Gasteiger partial charge in [0.25, 0.3) is 0 Å². The number of ether oxygens (including phenoxy) is 3. The van der Waals surface area contributed by atoms with Gasteiger partial charge in [-0.3, -0.25) is 0 Å². The van der Waals surface area contributed by atoms with Crippen LogP contribution < -0.4 is 4.74 Å². The van der Waals surface area contributed by atoms with Crippen molar-refractivity contribution < 1.29 is 23.8 Å². The molecule has 6 nitrogen and oxygen atoms in total. The second kappa shape index (κ2) is 11.1. The lowest BCUT2D eigenvalue weighted by atomic mass is 9.93. The monoisotopic (exact) mass is 391 g/mol. The van der Waals surface area contributed by atoms with E-state index >= 15 is 0 Å². The van der Waals surface area contributed by atoms with Crippen molar-refractivity contribution in [1.82, 2.24) is 0 Å². The first-order valence-electron chi connectivity index (χ1n) is 9.00. The Kier molecular flexibility index (Phi) is 8.21. The summed E-state index contributed by atoms with van der Waals surface area (Å²) in [5.74, 6) is -0.617. The molecule has 0 saturated heterocycles. The second-order valence-electron chi connectivity index (χ2n) is 5.69. The summed E-state index contributed by atoms with van der Waals surface area (Å²) >= 11 is 0. The number of benzene rings is 2. The van der Waals surface area contributed by atoms with Crippen LogP contribution in [0.4, 0.5) is 0 Å². The third-order valence-corrected chi connectivity index (χ3v) is 3.81. The van der Waals surface area contributed by atoms with Gasteiger partial charge in [-0.15, -0.1) is 0 Å². The summed E-state index contributed by atoms with van der Waals surface area (Å²) in [5.41, 5.74) is 1.81. The Bertz CT molecular complexity index is 924. The summed E-state index contributed by atoms with van der Waals surface area (Å²) in [6, 6.07) is 18.1. The molecule has 0 aliphatic heterocycles. The van der Waals surface area contributed by atoms with Crippen molar-refractivity contribution in [2.75, 3.05) is 19.8 Å². The zero-order valence-corrected chi connectivity index (χ0v) is 16.1. The zero-order chi connectivity index (χ0) is 21.1. The molecule has 2 rings (SSSR count). The highest BCUT2D eigenvalue weighted by Gasteiger charge is 2.19. The third kappa shape index (κ3) is 6.08. The van der Waals surface area contributed by atoms with Crippen molar-refractivity contribution in [2.45, 2.75) is 6.92 Å². The van der Waals surface area contributed by atoms with Gasteiger partial charge in [0.1, 0.15) is 30.6 Å². The van der Waals surface area contributed by atoms with Crippen LogP contribution in [0.2, 0.25) is 0 Å². The molecule has 2 aromatic carbocycles. The maximum atomic E-state index is 12.3. The molecule has 0 heterocycles. The smallest absolute Gasteiger partial charge is 0.349 e. The molecule has 0 bridgehead atoms. The number of nitrogens with zero attached hydrogens (tertiary/aromatic N) is 1. The molecule has 0 saturated carbocycles. The first kappa shape index (κ1) is 21.5. The van der Waals surface area contributed by atoms with E-state index < -0.39 is 11.9 Å². The average Bonchev–Trinajstić information content (AvgIpc) is 2.76. The van der Waals surface area contributed by atoms with E-state index in [9.17, 15) is 14.9 Å². The first-order valence-corrected chi connectivity index (χ1v) is 9.00. The Balaban J connectivity index is 2.28. The van der Waals surface area contributed by atoms with Gasteiger partial charge in [0.05, 0.1) is 6.61 Å². The van der Waals surface area contributed by atoms with Gasteiger partial charge in [-0.25, -0.2) is 9.59 Å². The largest absolute Gasteiger partial charge is 0.490 e. The van der Waals surface area contributed by atoms with Gasteiger partial charge in [0.15, 0.2) is 0 Å². The minimum absolute atomic E-state index is 0.0666. The zero-order valence-electron chi connectivity index (χ0n) is 16.1. The molecule has 0 unspecified atom stereocenters. The molecule has 0 spiro atoms. The second-order valence-corrected chi connectivity index (χ2v) is 5.69. The summed E-state index contributed by atoms with van der Waals surface area (Å²) in [7, 11) is 0. The van der Waals surface area contributed by atoms with E-state index in [0.29, 0.717) is 16.9 Å². The molecule has 0 aliphatic rings. The predicted octanol–water partition coefficient (Wildman–Crippen LogP) is 3.68. The molecule has 0 atom stereocenters. The van der Waals surface area contributed by atoms with Crippen LogP contribution in [0.1, 0.15) is 18.1 Å². The summed E-state index contributed by atoms with van der Waals surface area (Å²) in [4.78, 5) is 23.3. The molecule has 148 valence electrons. The molecular formula is C23H21NO5. The predicted molar refractivity (Wildman–Crippen MR) is 108 cm³/mol. The highest BCUT2D eigenvalue weighted by atomic mass is 16.6. The number of hydrogen-bond donors (Lipinski definition) is 0. The van der Waals surface area contributed by atoms with Crippen LogP contribution in [0, 0.1) is 11.3 Å². The van der Waals surface area contributed by atoms with Gasteiger partial charge >= 0.3 is 11.9 Å². The Morgan fingerprint density at radius 2 is 1.66 bits per heavy atom. The lowest BCUT2D eigenvalue weighted by Crippen LogP contribution is -2.10. The van der Waals surface area contributed by atoms with Crippen molar-refractivity contribution in [3.05, 3.63) is 84.0 Å². The van der Waals surface area contributed by atoms with Crippen molar-refractivity contribution in [2.24, 2.45) is 0 Å². The molecule has 0 radical (unpaired) electrons. The molecule has 0 fully saturated rings. The third-order valence-electron chi connectivity index (χ3n) is 3.81. The highest BCUT2D eigenvalue weighted by molar-refractivity contribution is 6.05. The van der Waals surface area contributed by atoms with Gasteiger partial charge in [-0.2, -0.15) is 5.26 Å². The van der Waals surface area contributed by atoms with Gasteiger partial charge in [0.2, 0.25) is 0 Å². The lowest BCUT2D eigenvalue weighted by molar-refractivity contribution is -0.139. The maximum absolute atomic E-state index is 12.3. The van der Waals surface area contributed by atoms with Crippen molar-refractivity contribution >= 4 is 17.5 Å². The molecular weight excluding hydrogens is 370 g/mol. The SMILES string of the molecule is C=CC(=O)OCCOc1ccc(/C(=C(\C#N)C(=O)OCC)c2ccccc2)cc1. The maximum Gasteiger partial charge on any atom is 0.349 e. The van der Waals surface area contributed by atoms with Crippen LogP contribution in [0.5, 0.6) is 5.75 Å². The van der Waals surface area contributed by atoms with E-state index in [0.717, 1.165) is 11.6 Å². The number of hydrogen-bond acceptors (Lipinski definition) is 6. The van der Waals surface area contributed by atoms with Crippen LogP contribution in [0.15, 0.2) is 72.8 Å². The quantitative estimate of drug-likeness (QED) is 0.281. The number of rotatable bonds is 9. The topological polar surface area (TPSA) is 85.6 Å². The molecule has 0 amide bonds. The van der Waals surface area contributed by atoms with Crippen LogP contribution in [0.25, 0.3) is 5.57 Å². The van der Waals surface area contributed by atoms with Crippen LogP contribution in [0.3, 0.4) is 0 Å². The van der Waals surface area contributed by atoms with Crippen LogP contribution >= 0.6 is 0 Å². The van der Waals surface area contributed by atoms with Crippen molar-refractivity contribution in [3.63, 3.8) is 0 Å².